The first-order valence-electron chi connectivity index (χ1n) is 8.36. The van der Waals surface area contributed by atoms with E-state index in [1.165, 1.54) is 0 Å². The van der Waals surface area contributed by atoms with Crippen LogP contribution in [0.15, 0.2) is 30.3 Å². The molecule has 1 unspecified atom stereocenters. The van der Waals surface area contributed by atoms with Crippen LogP contribution < -0.4 is 5.46 Å². The summed E-state index contributed by atoms with van der Waals surface area (Å²) in [7, 11) is -3.70. The Morgan fingerprint density at radius 1 is 1.09 bits per heavy atom. The molecule has 1 saturated heterocycles. The molecule has 1 saturated carbocycles. The topological polar surface area (TPSA) is 52.6 Å². The molecule has 1 aliphatic heterocycles. The second-order valence-electron chi connectivity index (χ2n) is 7.43. The van der Waals surface area contributed by atoms with Gasteiger partial charge in [-0.1, -0.05) is 43.2 Å². The molecule has 3 rings (SSSR count). The highest BCUT2D eigenvalue weighted by atomic mass is 32.2. The van der Waals surface area contributed by atoms with Crippen LogP contribution in [0, 0.1) is 0 Å². The molecule has 1 aliphatic carbocycles. The Morgan fingerprint density at radius 3 is 2.30 bits per heavy atom. The first kappa shape index (κ1) is 17.0. The Labute approximate surface area is 139 Å². The molecular weight excluding hydrogens is 311 g/mol. The highest BCUT2D eigenvalue weighted by Gasteiger charge is 2.56. The van der Waals surface area contributed by atoms with Gasteiger partial charge in [0.25, 0.3) is 0 Å². The summed E-state index contributed by atoms with van der Waals surface area (Å²) in [5, 5.41) is -0.213. The Balaban J connectivity index is 1.82. The van der Waals surface area contributed by atoms with E-state index in [1.807, 2.05) is 51.1 Å². The first-order chi connectivity index (χ1) is 10.7. The van der Waals surface area contributed by atoms with Crippen LogP contribution in [0.25, 0.3) is 0 Å². The average molecular weight is 336 g/mol. The minimum absolute atomic E-state index is 0.0149. The van der Waals surface area contributed by atoms with Gasteiger partial charge in [0, 0.05) is 0 Å². The highest BCUT2D eigenvalue weighted by molar-refractivity contribution is 7.92. The maximum atomic E-state index is 12.8. The lowest BCUT2D eigenvalue weighted by molar-refractivity contribution is 0.00824. The Kier molecular flexibility index (Phi) is 4.36. The maximum absolute atomic E-state index is 12.8. The molecule has 0 N–H and O–H groups in total. The van der Waals surface area contributed by atoms with E-state index in [0.29, 0.717) is 0 Å². The maximum Gasteiger partial charge on any atom is 0.494 e. The molecule has 23 heavy (non-hydrogen) atoms. The Hall–Kier alpha value is -0.845. The van der Waals surface area contributed by atoms with Crippen molar-refractivity contribution in [3.63, 3.8) is 0 Å². The molecule has 0 amide bonds. The predicted molar refractivity (Wildman–Crippen MR) is 92.5 cm³/mol. The van der Waals surface area contributed by atoms with Gasteiger partial charge in [-0.15, -0.1) is 0 Å². The minimum atomic E-state index is -3.18. The summed E-state index contributed by atoms with van der Waals surface area (Å²) in [6.07, 6.45) is 3.58. The summed E-state index contributed by atoms with van der Waals surface area (Å²) in [5.41, 5.74) is -0.601. The van der Waals surface area contributed by atoms with E-state index >= 15 is 0 Å². The zero-order valence-electron chi connectivity index (χ0n) is 14.1. The molecule has 6 heteroatoms. The third-order valence-electron chi connectivity index (χ3n) is 5.40. The molecule has 2 fully saturated rings. The number of sulfone groups is 1. The summed E-state index contributed by atoms with van der Waals surface area (Å²) in [6, 6.07) is 9.68. The minimum Gasteiger partial charge on any atom is -0.399 e. The zero-order chi connectivity index (χ0) is 16.7. The van der Waals surface area contributed by atoms with Crippen molar-refractivity contribution in [3.05, 3.63) is 30.3 Å². The number of rotatable bonds is 4. The van der Waals surface area contributed by atoms with Crippen LogP contribution in [-0.4, -0.2) is 37.7 Å². The van der Waals surface area contributed by atoms with Crippen molar-refractivity contribution in [2.75, 3.05) is 5.75 Å². The SMILES string of the molecule is CC1(C)OB(c2ccccc2)OC1(C)CS(=O)(=O)C1CCCC1. The molecule has 0 radical (unpaired) electrons. The standard InChI is InChI=1S/C17H25BO4S/c1-16(2)17(3,13-23(19,20)15-11-7-8-12-15)22-18(21-16)14-9-5-4-6-10-14/h4-6,9-10,15H,7-8,11-13H2,1-3H3. The first-order valence-corrected chi connectivity index (χ1v) is 10.1. The van der Waals surface area contributed by atoms with Gasteiger partial charge in [-0.2, -0.15) is 0 Å². The van der Waals surface area contributed by atoms with Crippen LogP contribution in [0.4, 0.5) is 0 Å². The van der Waals surface area contributed by atoms with Crippen molar-refractivity contribution in [1.82, 2.24) is 0 Å². The fraction of sp³-hybridized carbons (Fsp3) is 0.647. The van der Waals surface area contributed by atoms with E-state index in [0.717, 1.165) is 31.1 Å². The highest BCUT2D eigenvalue weighted by Crippen LogP contribution is 2.40. The third-order valence-corrected chi connectivity index (χ3v) is 7.84. The molecule has 0 aromatic heterocycles. The van der Waals surface area contributed by atoms with Crippen molar-refractivity contribution < 1.29 is 17.7 Å². The Bertz CT molecular complexity index is 652. The number of hydrogen-bond acceptors (Lipinski definition) is 4. The van der Waals surface area contributed by atoms with Gasteiger partial charge in [0.2, 0.25) is 0 Å². The lowest BCUT2D eigenvalue weighted by Gasteiger charge is -2.36. The van der Waals surface area contributed by atoms with Crippen LogP contribution in [0.2, 0.25) is 0 Å². The lowest BCUT2D eigenvalue weighted by atomic mass is 9.79. The molecule has 1 aromatic carbocycles. The van der Waals surface area contributed by atoms with Crippen LogP contribution in [-0.2, 0) is 19.1 Å². The van der Waals surface area contributed by atoms with Crippen molar-refractivity contribution >= 4 is 22.4 Å². The molecule has 4 nitrogen and oxygen atoms in total. The monoisotopic (exact) mass is 336 g/mol. The van der Waals surface area contributed by atoms with Crippen molar-refractivity contribution in [2.45, 2.75) is 62.9 Å². The van der Waals surface area contributed by atoms with Gasteiger partial charge in [0.05, 0.1) is 22.2 Å². The van der Waals surface area contributed by atoms with Crippen molar-refractivity contribution in [1.29, 1.82) is 0 Å². The number of hydrogen-bond donors (Lipinski definition) is 0. The largest absolute Gasteiger partial charge is 0.494 e. The van der Waals surface area contributed by atoms with E-state index in [9.17, 15) is 8.42 Å². The summed E-state index contributed by atoms with van der Waals surface area (Å²) in [4.78, 5) is 0. The second kappa shape index (κ2) is 5.90. The fourth-order valence-corrected chi connectivity index (χ4v) is 5.97. The van der Waals surface area contributed by atoms with Crippen molar-refractivity contribution in [2.24, 2.45) is 0 Å². The molecule has 1 aromatic rings. The molecule has 0 spiro atoms. The molecule has 1 atom stereocenters. The summed E-state index contributed by atoms with van der Waals surface area (Å²) < 4.78 is 37.8. The van der Waals surface area contributed by atoms with Crippen molar-refractivity contribution in [3.8, 4) is 0 Å². The summed E-state index contributed by atoms with van der Waals surface area (Å²) in [5.74, 6) is 0.0149. The van der Waals surface area contributed by atoms with E-state index in [-0.39, 0.29) is 11.0 Å². The predicted octanol–water partition coefficient (Wildman–Crippen LogP) is 2.32. The second-order valence-corrected chi connectivity index (χ2v) is 9.71. The smallest absolute Gasteiger partial charge is 0.399 e. The third kappa shape index (κ3) is 3.21. The van der Waals surface area contributed by atoms with E-state index in [2.05, 4.69) is 0 Å². The van der Waals surface area contributed by atoms with Crippen LogP contribution in [0.1, 0.15) is 46.5 Å². The van der Waals surface area contributed by atoms with Gasteiger partial charge < -0.3 is 9.31 Å². The van der Waals surface area contributed by atoms with Crippen LogP contribution in [0.5, 0.6) is 0 Å². The average Bonchev–Trinajstić information content (AvgIpc) is 3.08. The quantitative estimate of drug-likeness (QED) is 0.792. The number of benzene rings is 1. The van der Waals surface area contributed by atoms with E-state index in [1.54, 1.807) is 0 Å². The van der Waals surface area contributed by atoms with Gasteiger partial charge in [-0.25, -0.2) is 8.42 Å². The van der Waals surface area contributed by atoms with Crippen LogP contribution >= 0.6 is 0 Å². The van der Waals surface area contributed by atoms with Crippen LogP contribution in [0.3, 0.4) is 0 Å². The van der Waals surface area contributed by atoms with Gasteiger partial charge in [-0.05, 0) is 39.1 Å². The zero-order valence-corrected chi connectivity index (χ0v) is 14.9. The van der Waals surface area contributed by atoms with Gasteiger partial charge >= 0.3 is 7.12 Å². The molecule has 0 bridgehead atoms. The molecule has 126 valence electrons. The van der Waals surface area contributed by atoms with E-state index < -0.39 is 28.2 Å². The van der Waals surface area contributed by atoms with Gasteiger partial charge in [0.15, 0.2) is 9.84 Å². The molecule has 1 heterocycles. The van der Waals surface area contributed by atoms with E-state index in [4.69, 9.17) is 9.31 Å². The fourth-order valence-electron chi connectivity index (χ4n) is 3.50. The Morgan fingerprint density at radius 2 is 1.70 bits per heavy atom. The summed E-state index contributed by atoms with van der Waals surface area (Å²) in [6.45, 7) is 5.70. The molecular formula is C17H25BO4S. The summed E-state index contributed by atoms with van der Waals surface area (Å²) >= 11 is 0. The van der Waals surface area contributed by atoms with Gasteiger partial charge in [-0.3, -0.25) is 0 Å². The lowest BCUT2D eigenvalue weighted by Crippen LogP contribution is -2.51. The normalized spacial score (nSPS) is 28.4. The van der Waals surface area contributed by atoms with Gasteiger partial charge in [0.1, 0.15) is 0 Å². The molecule has 2 aliphatic rings.